The molecule has 0 aliphatic carbocycles. The number of anilines is 1. The van der Waals surface area contributed by atoms with Crippen molar-refractivity contribution in [2.75, 3.05) is 18.0 Å². The van der Waals surface area contributed by atoms with Crippen molar-refractivity contribution in [1.82, 2.24) is 19.2 Å². The summed E-state index contributed by atoms with van der Waals surface area (Å²) in [6.07, 6.45) is 8.02. The summed E-state index contributed by atoms with van der Waals surface area (Å²) in [4.78, 5) is 6.96. The molecule has 4 aromatic rings. The maximum Gasteiger partial charge on any atom is 0.154 e. The number of nitrogens with zero attached hydrogens (tertiary/aromatic N) is 5. The molecule has 0 saturated carbocycles. The first-order chi connectivity index (χ1) is 13.2. The summed E-state index contributed by atoms with van der Waals surface area (Å²) in [5.41, 5.74) is 3.29. The molecule has 4 heterocycles. The number of hydrogen-bond acceptors (Lipinski definition) is 4. The summed E-state index contributed by atoms with van der Waals surface area (Å²) < 4.78 is 10.4. The molecule has 5 rings (SSSR count). The molecule has 1 fully saturated rings. The van der Waals surface area contributed by atoms with Gasteiger partial charge in [-0.1, -0.05) is 6.07 Å². The van der Waals surface area contributed by atoms with Crippen LogP contribution in [0.4, 0.5) is 5.82 Å². The van der Waals surface area contributed by atoms with Crippen LogP contribution in [-0.2, 0) is 7.05 Å². The Morgan fingerprint density at radius 2 is 1.93 bits per heavy atom. The summed E-state index contributed by atoms with van der Waals surface area (Å²) >= 11 is 0. The van der Waals surface area contributed by atoms with Gasteiger partial charge < -0.3 is 14.2 Å². The van der Waals surface area contributed by atoms with Gasteiger partial charge in [0, 0.05) is 57.0 Å². The maximum absolute atomic E-state index is 6.38. The fourth-order valence-corrected chi connectivity index (χ4v) is 4.02. The van der Waals surface area contributed by atoms with Crippen molar-refractivity contribution in [3.8, 4) is 5.75 Å². The van der Waals surface area contributed by atoms with E-state index in [9.17, 15) is 0 Å². The van der Waals surface area contributed by atoms with E-state index in [0.717, 1.165) is 48.7 Å². The van der Waals surface area contributed by atoms with Crippen LogP contribution in [0, 0.1) is 6.92 Å². The Morgan fingerprint density at radius 3 is 2.78 bits per heavy atom. The van der Waals surface area contributed by atoms with Crippen LogP contribution >= 0.6 is 0 Å². The molecule has 0 spiro atoms. The van der Waals surface area contributed by atoms with E-state index in [1.54, 1.807) is 0 Å². The topological polar surface area (TPSA) is 47.6 Å². The second-order valence-corrected chi connectivity index (χ2v) is 7.29. The minimum Gasteiger partial charge on any atom is -0.490 e. The molecule has 0 amide bonds. The van der Waals surface area contributed by atoms with Gasteiger partial charge in [0.25, 0.3) is 0 Å². The van der Waals surface area contributed by atoms with Crippen LogP contribution in [0.3, 0.4) is 0 Å². The molecular formula is C21H23N5O. The summed E-state index contributed by atoms with van der Waals surface area (Å²) in [6.45, 7) is 3.89. The Balaban J connectivity index is 1.32. The van der Waals surface area contributed by atoms with Crippen LogP contribution < -0.4 is 9.64 Å². The van der Waals surface area contributed by atoms with Gasteiger partial charge in [-0.3, -0.25) is 0 Å². The van der Waals surface area contributed by atoms with E-state index in [4.69, 9.17) is 4.74 Å². The van der Waals surface area contributed by atoms with Crippen molar-refractivity contribution in [3.63, 3.8) is 0 Å². The molecule has 0 unspecified atom stereocenters. The number of fused-ring (bicyclic) bond motifs is 2. The van der Waals surface area contributed by atoms with E-state index < -0.39 is 0 Å². The average molecular weight is 361 g/mol. The Labute approximate surface area is 158 Å². The van der Waals surface area contributed by atoms with Crippen molar-refractivity contribution in [3.05, 3.63) is 54.6 Å². The van der Waals surface area contributed by atoms with Crippen molar-refractivity contribution in [2.24, 2.45) is 7.05 Å². The first-order valence-electron chi connectivity index (χ1n) is 9.46. The predicted molar refractivity (Wildman–Crippen MR) is 107 cm³/mol. The number of benzene rings is 1. The van der Waals surface area contributed by atoms with E-state index in [-0.39, 0.29) is 6.10 Å². The van der Waals surface area contributed by atoms with E-state index in [0.29, 0.717) is 0 Å². The van der Waals surface area contributed by atoms with Gasteiger partial charge in [-0.05, 0) is 31.2 Å². The predicted octanol–water partition coefficient (Wildman–Crippen LogP) is 3.58. The highest BCUT2D eigenvalue weighted by Crippen LogP contribution is 2.30. The fraction of sp³-hybridized carbons (Fsp3) is 0.333. The lowest BCUT2D eigenvalue weighted by atomic mass is 10.1. The number of rotatable bonds is 3. The number of ether oxygens (including phenoxy) is 1. The van der Waals surface area contributed by atoms with Gasteiger partial charge >= 0.3 is 0 Å². The van der Waals surface area contributed by atoms with Gasteiger partial charge in [0.1, 0.15) is 17.4 Å². The third-order valence-electron chi connectivity index (χ3n) is 5.41. The van der Waals surface area contributed by atoms with Crippen LogP contribution in [0.2, 0.25) is 0 Å². The molecule has 0 atom stereocenters. The van der Waals surface area contributed by atoms with Gasteiger partial charge in [0.2, 0.25) is 0 Å². The molecule has 27 heavy (non-hydrogen) atoms. The zero-order chi connectivity index (χ0) is 18.4. The quantitative estimate of drug-likeness (QED) is 0.560. The van der Waals surface area contributed by atoms with Crippen LogP contribution in [0.15, 0.2) is 48.9 Å². The van der Waals surface area contributed by atoms with E-state index >= 15 is 0 Å². The van der Waals surface area contributed by atoms with E-state index in [1.165, 1.54) is 10.9 Å². The van der Waals surface area contributed by atoms with E-state index in [1.807, 2.05) is 23.8 Å². The SMILES string of the molecule is Cc1cc2c(N3CCC(Oc4cccc5c4ccn5C)CC3)nccn2n1. The molecule has 3 aromatic heterocycles. The standard InChI is InChI=1S/C21H23N5O/c1-15-14-19-21(22-9-13-26(19)23-15)25-11-6-16(7-12-25)27-20-5-3-4-18-17(20)8-10-24(18)2/h3-5,8-10,13-14,16H,6-7,11-12H2,1-2H3. The summed E-state index contributed by atoms with van der Waals surface area (Å²) in [5.74, 6) is 2.00. The lowest BCUT2D eigenvalue weighted by Crippen LogP contribution is -2.38. The van der Waals surface area contributed by atoms with Crippen molar-refractivity contribution in [2.45, 2.75) is 25.9 Å². The number of aryl methyl sites for hydroxylation is 2. The average Bonchev–Trinajstić information content (AvgIpc) is 3.25. The van der Waals surface area contributed by atoms with Gasteiger partial charge in [-0.25, -0.2) is 9.50 Å². The second kappa shape index (κ2) is 6.30. The lowest BCUT2D eigenvalue weighted by molar-refractivity contribution is 0.173. The molecule has 0 N–H and O–H groups in total. The molecular weight excluding hydrogens is 338 g/mol. The minimum absolute atomic E-state index is 0.235. The third-order valence-corrected chi connectivity index (χ3v) is 5.41. The van der Waals surface area contributed by atoms with E-state index in [2.05, 4.69) is 63.1 Å². The Morgan fingerprint density at radius 1 is 1.07 bits per heavy atom. The first-order valence-corrected chi connectivity index (χ1v) is 9.46. The van der Waals surface area contributed by atoms with Crippen molar-refractivity contribution in [1.29, 1.82) is 0 Å². The van der Waals surface area contributed by atoms with Crippen LogP contribution in [-0.4, -0.2) is 38.4 Å². The Kier molecular flexibility index (Phi) is 3.77. The summed E-state index contributed by atoms with van der Waals surface area (Å²) in [6, 6.07) is 10.5. The van der Waals surface area contributed by atoms with Gasteiger partial charge in [0.05, 0.1) is 11.2 Å². The Hall–Kier alpha value is -3.02. The van der Waals surface area contributed by atoms with Gasteiger partial charge in [-0.15, -0.1) is 0 Å². The van der Waals surface area contributed by atoms with Gasteiger partial charge in [-0.2, -0.15) is 5.10 Å². The molecule has 0 bridgehead atoms. The highest BCUT2D eigenvalue weighted by atomic mass is 16.5. The molecule has 6 nitrogen and oxygen atoms in total. The second-order valence-electron chi connectivity index (χ2n) is 7.29. The summed E-state index contributed by atoms with van der Waals surface area (Å²) in [7, 11) is 2.07. The minimum atomic E-state index is 0.235. The molecule has 1 aliphatic rings. The van der Waals surface area contributed by atoms with Gasteiger partial charge in [0.15, 0.2) is 5.82 Å². The monoisotopic (exact) mass is 361 g/mol. The van der Waals surface area contributed by atoms with Crippen LogP contribution in [0.1, 0.15) is 18.5 Å². The van der Waals surface area contributed by atoms with Crippen molar-refractivity contribution >= 4 is 22.2 Å². The first kappa shape index (κ1) is 16.2. The number of piperidine rings is 1. The highest BCUT2D eigenvalue weighted by Gasteiger charge is 2.23. The molecule has 1 aliphatic heterocycles. The summed E-state index contributed by atoms with van der Waals surface area (Å²) in [5, 5.41) is 5.68. The number of hydrogen-bond donors (Lipinski definition) is 0. The highest BCUT2D eigenvalue weighted by molar-refractivity contribution is 5.86. The fourth-order valence-electron chi connectivity index (χ4n) is 4.02. The molecule has 138 valence electrons. The van der Waals surface area contributed by atoms with Crippen LogP contribution in [0.25, 0.3) is 16.4 Å². The zero-order valence-corrected chi connectivity index (χ0v) is 15.7. The molecule has 1 aromatic carbocycles. The normalized spacial score (nSPS) is 15.7. The largest absolute Gasteiger partial charge is 0.490 e. The zero-order valence-electron chi connectivity index (χ0n) is 15.7. The smallest absolute Gasteiger partial charge is 0.154 e. The Bertz CT molecular complexity index is 1100. The lowest BCUT2D eigenvalue weighted by Gasteiger charge is -2.33. The molecule has 6 heteroatoms. The third kappa shape index (κ3) is 2.81. The molecule has 0 radical (unpaired) electrons. The van der Waals surface area contributed by atoms with Crippen molar-refractivity contribution < 1.29 is 4.74 Å². The molecule has 1 saturated heterocycles. The number of aromatic nitrogens is 4. The maximum atomic E-state index is 6.38. The van der Waals surface area contributed by atoms with Crippen LogP contribution in [0.5, 0.6) is 5.75 Å².